The molecule has 0 radical (unpaired) electrons. The van der Waals surface area contributed by atoms with Crippen LogP contribution in [-0.4, -0.2) is 0 Å². The highest BCUT2D eigenvalue weighted by molar-refractivity contribution is 5.94. The highest BCUT2D eigenvalue weighted by Crippen LogP contribution is 2.36. The maximum atomic E-state index is 2.37. The molecule has 2 aliphatic rings. The lowest BCUT2D eigenvalue weighted by Crippen LogP contribution is -2.04. The van der Waals surface area contributed by atoms with E-state index in [1.807, 2.05) is 0 Å². The van der Waals surface area contributed by atoms with E-state index in [1.165, 1.54) is 153 Å². The summed E-state index contributed by atoms with van der Waals surface area (Å²) < 4.78 is 0. The first-order chi connectivity index (χ1) is 32.7. The van der Waals surface area contributed by atoms with Gasteiger partial charge in [0.2, 0.25) is 0 Å². The first-order valence-electron chi connectivity index (χ1n) is 24.5. The molecule has 0 N–H and O–H groups in total. The van der Waals surface area contributed by atoms with E-state index in [0.717, 1.165) is 0 Å². The average Bonchev–Trinajstić information content (AvgIpc) is 3.40. The second kappa shape index (κ2) is 20.9. The SMILES string of the molecule is C(=C\c1cc2ccccc2cc1/C=C/c1ccc(/C=C(\c2ccccc2)c2ccc(C3CCCCC3)cc2)cc1)/c1ccc(/C=C(\c2ccccc2)c2ccc(C3CCCCC3)cc2)cc1. The highest BCUT2D eigenvalue weighted by Gasteiger charge is 2.17. The van der Waals surface area contributed by atoms with Crippen molar-refractivity contribution in [2.75, 3.05) is 0 Å². The largest absolute Gasteiger partial charge is 0.0622 e. The minimum atomic E-state index is 0.708. The third-order valence-corrected chi connectivity index (χ3v) is 14.1. The van der Waals surface area contributed by atoms with E-state index < -0.39 is 0 Å². The zero-order chi connectivity index (χ0) is 44.3. The van der Waals surface area contributed by atoms with E-state index in [4.69, 9.17) is 0 Å². The van der Waals surface area contributed by atoms with Crippen LogP contribution in [0.15, 0.2) is 194 Å². The van der Waals surface area contributed by atoms with Crippen LogP contribution in [0.3, 0.4) is 0 Å². The van der Waals surface area contributed by atoms with Crippen molar-refractivity contribution in [1.82, 2.24) is 0 Å². The van der Waals surface area contributed by atoms with Crippen LogP contribution in [0.25, 0.3) is 58.4 Å². The van der Waals surface area contributed by atoms with Crippen molar-refractivity contribution in [2.24, 2.45) is 0 Å². The molecule has 0 heterocycles. The molecule has 0 atom stereocenters. The van der Waals surface area contributed by atoms with Crippen LogP contribution in [-0.2, 0) is 0 Å². The fraction of sp³-hybridized carbons (Fsp3) is 0.182. The first-order valence-corrected chi connectivity index (χ1v) is 24.5. The molecule has 0 heteroatoms. The van der Waals surface area contributed by atoms with Crippen LogP contribution < -0.4 is 0 Å². The molecular weight excluding hydrogens is 793 g/mol. The summed E-state index contributed by atoms with van der Waals surface area (Å²) in [5.41, 5.74) is 17.6. The number of benzene rings is 8. The Balaban J connectivity index is 0.881. The van der Waals surface area contributed by atoms with E-state index in [-0.39, 0.29) is 0 Å². The van der Waals surface area contributed by atoms with E-state index in [0.29, 0.717) is 11.8 Å². The summed E-state index contributed by atoms with van der Waals surface area (Å²) in [4.78, 5) is 0. The molecule has 0 amide bonds. The third-order valence-electron chi connectivity index (χ3n) is 14.1. The predicted octanol–water partition coefficient (Wildman–Crippen LogP) is 18.5. The third kappa shape index (κ3) is 10.6. The molecule has 324 valence electrons. The second-order valence-corrected chi connectivity index (χ2v) is 18.6. The molecule has 10 rings (SSSR count). The Kier molecular flexibility index (Phi) is 13.6. The van der Waals surface area contributed by atoms with E-state index in [1.54, 1.807) is 0 Å². The van der Waals surface area contributed by atoms with Gasteiger partial charge in [-0.15, -0.1) is 0 Å². The molecule has 0 unspecified atom stereocenters. The summed E-state index contributed by atoms with van der Waals surface area (Å²) >= 11 is 0. The second-order valence-electron chi connectivity index (χ2n) is 18.6. The summed E-state index contributed by atoms with van der Waals surface area (Å²) in [7, 11) is 0. The maximum absolute atomic E-state index is 2.37. The molecular formula is C66H60. The quantitative estimate of drug-likeness (QED) is 0.107. The van der Waals surface area contributed by atoms with E-state index in [2.05, 4.69) is 231 Å². The fourth-order valence-electron chi connectivity index (χ4n) is 10.3. The standard InChI is InChI=1S/C66H60/c1-5-15-53(16-6-1)55-37-41-59(42-38-55)65(57-19-9-3-10-20-57)45-51-29-25-49(26-30-51)33-35-63-47-61-23-13-14-24-62(61)48-64(63)36-34-50-27-31-52(32-28-50)46-66(58-21-11-4-12-22-58)60-43-39-56(40-44-60)54-17-7-2-8-18-54/h3-4,9-14,19-48,53-54H,1-2,5-8,15-18H2/b35-33+,36-34+,65-45+,66-46+. The Bertz CT molecular complexity index is 2740. The lowest BCUT2D eigenvalue weighted by Gasteiger charge is -2.22. The topological polar surface area (TPSA) is 0 Å². The van der Waals surface area contributed by atoms with Crippen molar-refractivity contribution in [3.05, 3.63) is 261 Å². The monoisotopic (exact) mass is 852 g/mol. The maximum Gasteiger partial charge on any atom is -0.0105 e. The van der Waals surface area contributed by atoms with Crippen molar-refractivity contribution >= 4 is 58.4 Å². The molecule has 0 bridgehead atoms. The van der Waals surface area contributed by atoms with Gasteiger partial charge in [-0.05, 0) is 150 Å². The molecule has 2 saturated carbocycles. The molecule has 0 aromatic heterocycles. The summed E-state index contributed by atoms with van der Waals surface area (Å²) in [5, 5.41) is 2.48. The number of fused-ring (bicyclic) bond motifs is 1. The molecule has 2 aliphatic carbocycles. The summed E-state index contributed by atoms with van der Waals surface area (Å²) in [6, 6.07) is 71.7. The van der Waals surface area contributed by atoms with Gasteiger partial charge in [0.25, 0.3) is 0 Å². The Hall–Kier alpha value is -7.02. The van der Waals surface area contributed by atoms with Gasteiger partial charge in [-0.3, -0.25) is 0 Å². The number of hydrogen-bond acceptors (Lipinski definition) is 0. The number of rotatable bonds is 12. The van der Waals surface area contributed by atoms with Gasteiger partial charge >= 0.3 is 0 Å². The van der Waals surface area contributed by atoms with Crippen molar-refractivity contribution in [2.45, 2.75) is 76.0 Å². The molecule has 0 saturated heterocycles. The molecule has 0 spiro atoms. The van der Waals surface area contributed by atoms with Gasteiger partial charge in [-0.1, -0.05) is 245 Å². The zero-order valence-corrected chi connectivity index (χ0v) is 38.2. The van der Waals surface area contributed by atoms with Crippen molar-refractivity contribution in [3.8, 4) is 0 Å². The van der Waals surface area contributed by atoms with Gasteiger partial charge in [0.1, 0.15) is 0 Å². The van der Waals surface area contributed by atoms with Gasteiger partial charge in [0.05, 0.1) is 0 Å². The van der Waals surface area contributed by atoms with Crippen molar-refractivity contribution in [1.29, 1.82) is 0 Å². The van der Waals surface area contributed by atoms with Crippen molar-refractivity contribution < 1.29 is 0 Å². The minimum Gasteiger partial charge on any atom is -0.0622 e. The number of hydrogen-bond donors (Lipinski definition) is 0. The first kappa shape index (κ1) is 42.9. The minimum absolute atomic E-state index is 0.708. The van der Waals surface area contributed by atoms with Gasteiger partial charge in [-0.25, -0.2) is 0 Å². The van der Waals surface area contributed by atoms with Gasteiger partial charge in [0.15, 0.2) is 0 Å². The van der Waals surface area contributed by atoms with Crippen LogP contribution in [0.1, 0.15) is 143 Å². The van der Waals surface area contributed by atoms with Crippen LogP contribution in [0.4, 0.5) is 0 Å². The Labute approximate surface area is 393 Å². The summed E-state index contributed by atoms with van der Waals surface area (Å²) in [6.07, 6.45) is 27.2. The predicted molar refractivity (Wildman–Crippen MR) is 286 cm³/mol. The molecule has 8 aromatic carbocycles. The lowest BCUT2D eigenvalue weighted by atomic mass is 9.83. The van der Waals surface area contributed by atoms with E-state index in [9.17, 15) is 0 Å². The Morgan fingerprint density at radius 2 is 0.636 bits per heavy atom. The van der Waals surface area contributed by atoms with Crippen LogP contribution in [0, 0.1) is 0 Å². The highest BCUT2D eigenvalue weighted by atomic mass is 14.2. The molecule has 0 aliphatic heterocycles. The zero-order valence-electron chi connectivity index (χ0n) is 38.2. The van der Waals surface area contributed by atoms with Gasteiger partial charge in [0, 0.05) is 0 Å². The van der Waals surface area contributed by atoms with Gasteiger partial charge < -0.3 is 0 Å². The molecule has 0 nitrogen and oxygen atoms in total. The fourth-order valence-corrected chi connectivity index (χ4v) is 10.3. The normalized spacial score (nSPS) is 15.5. The molecule has 8 aromatic rings. The average molecular weight is 853 g/mol. The van der Waals surface area contributed by atoms with Crippen LogP contribution >= 0.6 is 0 Å². The molecule has 66 heavy (non-hydrogen) atoms. The summed E-state index contributed by atoms with van der Waals surface area (Å²) in [5.74, 6) is 1.42. The van der Waals surface area contributed by atoms with E-state index >= 15 is 0 Å². The van der Waals surface area contributed by atoms with Crippen molar-refractivity contribution in [3.63, 3.8) is 0 Å². The van der Waals surface area contributed by atoms with Gasteiger partial charge in [-0.2, -0.15) is 0 Å². The Morgan fingerprint density at radius 1 is 0.303 bits per heavy atom. The smallest absolute Gasteiger partial charge is 0.0105 e. The van der Waals surface area contributed by atoms with Crippen LogP contribution in [0.5, 0.6) is 0 Å². The lowest BCUT2D eigenvalue weighted by molar-refractivity contribution is 0.443. The Morgan fingerprint density at radius 3 is 1.02 bits per heavy atom. The summed E-state index contributed by atoms with van der Waals surface area (Å²) in [6.45, 7) is 0. The van der Waals surface area contributed by atoms with Crippen LogP contribution in [0.2, 0.25) is 0 Å². The molecule has 2 fully saturated rings.